The van der Waals surface area contributed by atoms with E-state index >= 15 is 0 Å². The molecule has 3 aromatic carbocycles. The van der Waals surface area contributed by atoms with Crippen LogP contribution in [0.15, 0.2) is 60.7 Å². The molecule has 0 aromatic heterocycles. The van der Waals surface area contributed by atoms with Gasteiger partial charge in [-0.25, -0.2) is 9.18 Å². The zero-order chi connectivity index (χ0) is 25.7. The number of nitrogens with zero attached hydrogens (tertiary/aromatic N) is 1. The van der Waals surface area contributed by atoms with Crippen LogP contribution in [0.3, 0.4) is 0 Å². The minimum atomic E-state index is -1.28. The van der Waals surface area contributed by atoms with E-state index in [9.17, 15) is 9.18 Å². The molecule has 192 valence electrons. The third-order valence-electron chi connectivity index (χ3n) is 6.78. The van der Waals surface area contributed by atoms with Crippen LogP contribution in [-0.2, 0) is 16.1 Å². The predicted molar refractivity (Wildman–Crippen MR) is 144 cm³/mol. The molecule has 0 bridgehead atoms. The Morgan fingerprint density at radius 2 is 1.86 bits per heavy atom. The molecule has 2 unspecified atom stereocenters. The van der Waals surface area contributed by atoms with Gasteiger partial charge in [0.2, 0.25) is 0 Å². The fraction of sp³-hybridized carbons (Fsp3) is 0.414. The van der Waals surface area contributed by atoms with E-state index in [0.717, 1.165) is 40.1 Å². The smallest absolute Gasteiger partial charge is 0.409 e. The largest absolute Gasteiger partial charge is 0.496 e. The van der Waals surface area contributed by atoms with E-state index in [-0.39, 0.29) is 23.9 Å². The van der Waals surface area contributed by atoms with Gasteiger partial charge in [0.15, 0.2) is 0 Å². The van der Waals surface area contributed by atoms with Crippen molar-refractivity contribution >= 4 is 24.9 Å². The maximum atomic E-state index is 13.6. The maximum Gasteiger partial charge on any atom is 0.409 e. The molecule has 36 heavy (non-hydrogen) atoms. The average Bonchev–Trinajstić information content (AvgIpc) is 2.86. The fourth-order valence-electron chi connectivity index (χ4n) is 4.65. The molecule has 1 amide bonds. The second-order valence-electron chi connectivity index (χ2n) is 10.7. The summed E-state index contributed by atoms with van der Waals surface area (Å²) in [4.78, 5) is 14.6. The van der Waals surface area contributed by atoms with Crippen molar-refractivity contribution in [3.63, 3.8) is 0 Å². The van der Waals surface area contributed by atoms with Crippen LogP contribution in [0.5, 0.6) is 5.75 Å². The minimum absolute atomic E-state index is 0.0668. The number of rotatable bonds is 8. The Morgan fingerprint density at radius 1 is 1.08 bits per heavy atom. The molecular formula is C29H36FNO4Si. The molecular weight excluding hydrogens is 473 g/mol. The molecule has 1 aliphatic heterocycles. The molecule has 3 aromatic rings. The molecule has 1 aliphatic rings. The lowest BCUT2D eigenvalue weighted by Crippen LogP contribution is -2.47. The van der Waals surface area contributed by atoms with Gasteiger partial charge in [-0.05, 0) is 53.2 Å². The Morgan fingerprint density at radius 3 is 2.58 bits per heavy atom. The first kappa shape index (κ1) is 26.2. The number of halogens is 1. The van der Waals surface area contributed by atoms with Gasteiger partial charge in [-0.15, -0.1) is 0 Å². The predicted octanol–water partition coefficient (Wildman–Crippen LogP) is 6.84. The summed E-state index contributed by atoms with van der Waals surface area (Å²) in [7, 11) is 0.391. The second-order valence-corrected chi connectivity index (χ2v) is 16.3. The highest BCUT2D eigenvalue weighted by atomic mass is 28.3. The number of likely N-dealkylation sites (tertiary alicyclic amines) is 1. The Labute approximate surface area is 214 Å². The van der Waals surface area contributed by atoms with Crippen molar-refractivity contribution in [2.75, 3.05) is 26.8 Å². The highest BCUT2D eigenvalue weighted by Gasteiger charge is 2.34. The number of methoxy groups -OCH3 is 1. The molecule has 2 atom stereocenters. The SMILES string of the molecule is COc1cccc2cc(COC3CN(C(=O)OCC[Si](C)(C)C)CCC3c3ccc(F)cc3)ccc12. The normalized spacial score (nSPS) is 18.3. The van der Waals surface area contributed by atoms with Crippen LogP contribution < -0.4 is 4.74 Å². The molecule has 0 N–H and O–H groups in total. The van der Waals surface area contributed by atoms with Gasteiger partial charge >= 0.3 is 6.09 Å². The number of hydrogen-bond donors (Lipinski definition) is 0. The fourth-order valence-corrected chi connectivity index (χ4v) is 5.37. The molecule has 1 fully saturated rings. The number of carbonyl (C=O) groups is 1. The molecule has 0 saturated carbocycles. The number of hydrogen-bond acceptors (Lipinski definition) is 4. The molecule has 7 heteroatoms. The lowest BCUT2D eigenvalue weighted by atomic mass is 9.87. The van der Waals surface area contributed by atoms with Gasteiger partial charge in [-0.1, -0.05) is 56.0 Å². The average molecular weight is 510 g/mol. The van der Waals surface area contributed by atoms with Crippen LogP contribution in [0.2, 0.25) is 25.7 Å². The first-order valence-corrected chi connectivity index (χ1v) is 16.3. The Hall–Kier alpha value is -2.90. The number of amides is 1. The summed E-state index contributed by atoms with van der Waals surface area (Å²) in [5, 5.41) is 2.14. The maximum absolute atomic E-state index is 13.6. The molecule has 1 heterocycles. The summed E-state index contributed by atoms with van der Waals surface area (Å²) in [6.07, 6.45) is 0.223. The second kappa shape index (κ2) is 11.4. The third kappa shape index (κ3) is 6.65. The lowest BCUT2D eigenvalue weighted by molar-refractivity contribution is -0.0233. The van der Waals surface area contributed by atoms with E-state index in [0.29, 0.717) is 26.3 Å². The molecule has 1 saturated heterocycles. The van der Waals surface area contributed by atoms with Crippen molar-refractivity contribution in [3.05, 3.63) is 77.6 Å². The van der Waals surface area contributed by atoms with Crippen LogP contribution >= 0.6 is 0 Å². The van der Waals surface area contributed by atoms with E-state index in [1.54, 1.807) is 12.0 Å². The van der Waals surface area contributed by atoms with E-state index in [1.165, 1.54) is 12.1 Å². The van der Waals surface area contributed by atoms with Gasteiger partial charge in [0.05, 0.1) is 33.0 Å². The molecule has 0 radical (unpaired) electrons. The summed E-state index contributed by atoms with van der Waals surface area (Å²) in [5.41, 5.74) is 2.07. The van der Waals surface area contributed by atoms with Crippen LogP contribution in [0.25, 0.3) is 10.8 Å². The first-order chi connectivity index (χ1) is 17.2. The van der Waals surface area contributed by atoms with Crippen molar-refractivity contribution in [3.8, 4) is 5.75 Å². The number of ether oxygens (including phenoxy) is 3. The summed E-state index contributed by atoms with van der Waals surface area (Å²) in [6.45, 7) is 8.69. The van der Waals surface area contributed by atoms with Crippen molar-refractivity contribution in [2.45, 2.75) is 50.7 Å². The quantitative estimate of drug-likeness (QED) is 0.312. The van der Waals surface area contributed by atoms with Gasteiger partial charge in [-0.2, -0.15) is 0 Å². The summed E-state index contributed by atoms with van der Waals surface area (Å²) >= 11 is 0. The Balaban J connectivity index is 1.47. The van der Waals surface area contributed by atoms with E-state index < -0.39 is 8.07 Å². The van der Waals surface area contributed by atoms with Gasteiger partial charge in [0.1, 0.15) is 11.6 Å². The van der Waals surface area contributed by atoms with Gasteiger partial charge in [0.25, 0.3) is 0 Å². The molecule has 4 rings (SSSR count). The van der Waals surface area contributed by atoms with Crippen LogP contribution in [-0.4, -0.2) is 52.0 Å². The van der Waals surface area contributed by atoms with Crippen LogP contribution in [0, 0.1) is 5.82 Å². The molecule has 0 aliphatic carbocycles. The van der Waals surface area contributed by atoms with E-state index in [4.69, 9.17) is 14.2 Å². The van der Waals surface area contributed by atoms with Crippen molar-refractivity contribution in [1.29, 1.82) is 0 Å². The van der Waals surface area contributed by atoms with E-state index in [1.807, 2.05) is 36.4 Å². The van der Waals surface area contributed by atoms with Gasteiger partial charge < -0.3 is 19.1 Å². The minimum Gasteiger partial charge on any atom is -0.496 e. The summed E-state index contributed by atoms with van der Waals surface area (Å²) < 4.78 is 31.1. The number of fused-ring (bicyclic) bond motifs is 1. The lowest BCUT2D eigenvalue weighted by Gasteiger charge is -2.38. The van der Waals surface area contributed by atoms with Crippen molar-refractivity contribution in [2.24, 2.45) is 0 Å². The highest BCUT2D eigenvalue weighted by molar-refractivity contribution is 6.76. The third-order valence-corrected chi connectivity index (χ3v) is 8.49. The summed E-state index contributed by atoms with van der Waals surface area (Å²) in [5.74, 6) is 0.648. The van der Waals surface area contributed by atoms with Crippen molar-refractivity contribution in [1.82, 2.24) is 4.90 Å². The highest BCUT2D eigenvalue weighted by Crippen LogP contribution is 2.32. The standard InChI is InChI=1S/C29H36FNO4Si/c1-33-27-7-5-6-23-18-21(8-13-25(23)27)20-35-28-19-31(29(32)34-16-17-36(2,3)4)15-14-26(28)22-9-11-24(30)12-10-22/h5-13,18,26,28H,14-17,19-20H2,1-4H3. The monoisotopic (exact) mass is 509 g/mol. The number of benzene rings is 3. The molecule has 0 spiro atoms. The van der Waals surface area contributed by atoms with E-state index in [2.05, 4.69) is 31.8 Å². The molecule has 5 nitrogen and oxygen atoms in total. The zero-order valence-electron chi connectivity index (χ0n) is 21.6. The van der Waals surface area contributed by atoms with Gasteiger partial charge in [0, 0.05) is 25.9 Å². The number of carbonyl (C=O) groups excluding carboxylic acids is 1. The van der Waals surface area contributed by atoms with Crippen molar-refractivity contribution < 1.29 is 23.4 Å². The topological polar surface area (TPSA) is 48.0 Å². The van der Waals surface area contributed by atoms with Crippen LogP contribution in [0.4, 0.5) is 9.18 Å². The Kier molecular flexibility index (Phi) is 8.31. The van der Waals surface area contributed by atoms with Gasteiger partial charge in [-0.3, -0.25) is 0 Å². The zero-order valence-corrected chi connectivity index (χ0v) is 22.6. The van der Waals surface area contributed by atoms with Crippen LogP contribution in [0.1, 0.15) is 23.5 Å². The Bertz CT molecular complexity index is 1180. The number of piperidine rings is 1. The first-order valence-electron chi connectivity index (χ1n) is 12.6. The summed E-state index contributed by atoms with van der Waals surface area (Å²) in [6, 6.07) is 19.7.